The van der Waals surface area contributed by atoms with E-state index in [0.717, 1.165) is 35.7 Å². The molecule has 1 fully saturated rings. The third-order valence-electron chi connectivity index (χ3n) is 5.00. The van der Waals surface area contributed by atoms with Crippen molar-refractivity contribution in [3.63, 3.8) is 0 Å². The number of ether oxygens (including phenoxy) is 2. The van der Waals surface area contributed by atoms with Gasteiger partial charge in [-0.25, -0.2) is 0 Å². The number of methoxy groups -OCH3 is 1. The highest BCUT2D eigenvalue weighted by molar-refractivity contribution is 5.52. The molecule has 0 spiro atoms. The Bertz CT molecular complexity index is 557. The summed E-state index contributed by atoms with van der Waals surface area (Å²) in [4.78, 5) is 2.32. The highest BCUT2D eigenvalue weighted by Crippen LogP contribution is 2.42. The van der Waals surface area contributed by atoms with Crippen molar-refractivity contribution >= 4 is 0 Å². The Morgan fingerprint density at radius 2 is 1.50 bits per heavy atom. The molecule has 1 N–H and O–H groups in total. The lowest BCUT2D eigenvalue weighted by molar-refractivity contribution is 0.0742. The Morgan fingerprint density at radius 3 is 1.92 bits per heavy atom. The van der Waals surface area contributed by atoms with E-state index in [1.165, 1.54) is 12.8 Å². The molecule has 4 nitrogen and oxygen atoms in total. The first-order valence-electron chi connectivity index (χ1n) is 9.78. The fourth-order valence-electron chi connectivity index (χ4n) is 3.49. The fraction of sp³-hybridized carbons (Fsp3) is 0.727. The summed E-state index contributed by atoms with van der Waals surface area (Å²) >= 11 is 0. The summed E-state index contributed by atoms with van der Waals surface area (Å²) in [5.74, 6) is 1.75. The van der Waals surface area contributed by atoms with E-state index in [-0.39, 0.29) is 10.8 Å². The molecule has 0 amide bonds. The summed E-state index contributed by atoms with van der Waals surface area (Å²) in [6.07, 6.45) is 1.99. The van der Waals surface area contributed by atoms with Crippen LogP contribution in [0.1, 0.15) is 65.5 Å². The van der Waals surface area contributed by atoms with E-state index in [2.05, 4.69) is 58.6 Å². The van der Waals surface area contributed by atoms with Crippen molar-refractivity contribution in [3.8, 4) is 11.5 Å². The van der Waals surface area contributed by atoms with Crippen LogP contribution in [0.5, 0.6) is 11.5 Å². The van der Waals surface area contributed by atoms with Gasteiger partial charge < -0.3 is 19.5 Å². The zero-order valence-corrected chi connectivity index (χ0v) is 17.7. The molecule has 0 bridgehead atoms. The van der Waals surface area contributed by atoms with Gasteiger partial charge in [0.05, 0.1) is 7.11 Å². The number of aliphatic hydroxyl groups excluding tert-OH is 1. The topological polar surface area (TPSA) is 41.9 Å². The van der Waals surface area contributed by atoms with Crippen LogP contribution in [0.3, 0.4) is 0 Å². The lowest BCUT2D eigenvalue weighted by Crippen LogP contribution is -2.34. The summed E-state index contributed by atoms with van der Waals surface area (Å²) in [5.41, 5.74) is 2.08. The Balaban J connectivity index is 2.28. The Morgan fingerprint density at radius 1 is 1.00 bits per heavy atom. The second kappa shape index (κ2) is 8.18. The number of β-amino-alcohol motifs (C(OH)–C–C–N with tert-alkyl or cyclic N) is 1. The molecule has 1 aliphatic heterocycles. The van der Waals surface area contributed by atoms with E-state index < -0.39 is 6.10 Å². The van der Waals surface area contributed by atoms with Gasteiger partial charge in [-0.1, -0.05) is 41.5 Å². The largest absolute Gasteiger partial charge is 0.497 e. The monoisotopic (exact) mass is 363 g/mol. The first-order valence-corrected chi connectivity index (χ1v) is 9.78. The minimum Gasteiger partial charge on any atom is -0.497 e. The van der Waals surface area contributed by atoms with Gasteiger partial charge in [0.2, 0.25) is 0 Å². The Labute approximate surface area is 159 Å². The summed E-state index contributed by atoms with van der Waals surface area (Å²) < 4.78 is 11.8. The molecule has 1 unspecified atom stereocenters. The van der Waals surface area contributed by atoms with Crippen LogP contribution in [-0.2, 0) is 10.8 Å². The number of benzene rings is 1. The molecule has 1 aromatic carbocycles. The van der Waals surface area contributed by atoms with Crippen LogP contribution in [0.2, 0.25) is 0 Å². The van der Waals surface area contributed by atoms with E-state index >= 15 is 0 Å². The third-order valence-corrected chi connectivity index (χ3v) is 5.00. The number of nitrogens with zero attached hydrogens (tertiary/aromatic N) is 1. The molecule has 26 heavy (non-hydrogen) atoms. The second-order valence-corrected chi connectivity index (χ2v) is 9.52. The quantitative estimate of drug-likeness (QED) is 0.825. The molecule has 148 valence electrons. The molecule has 1 heterocycles. The molecule has 1 atom stereocenters. The van der Waals surface area contributed by atoms with Gasteiger partial charge in [0, 0.05) is 17.7 Å². The molecule has 0 saturated carbocycles. The van der Waals surface area contributed by atoms with E-state index in [4.69, 9.17) is 9.47 Å². The molecule has 0 radical (unpaired) electrons. The maximum absolute atomic E-state index is 10.5. The van der Waals surface area contributed by atoms with Gasteiger partial charge in [-0.3, -0.25) is 0 Å². The summed E-state index contributed by atoms with van der Waals surface area (Å²) in [5, 5.41) is 10.5. The second-order valence-electron chi connectivity index (χ2n) is 9.52. The van der Waals surface area contributed by atoms with Gasteiger partial charge in [0.1, 0.15) is 24.2 Å². The number of likely N-dealkylation sites (tertiary alicyclic amines) is 1. The first kappa shape index (κ1) is 21.0. The minimum atomic E-state index is -0.476. The molecule has 2 rings (SSSR count). The van der Waals surface area contributed by atoms with Gasteiger partial charge in [-0.2, -0.15) is 0 Å². The summed E-state index contributed by atoms with van der Waals surface area (Å²) in [6.45, 7) is 16.3. The average Bonchev–Trinajstić information content (AvgIpc) is 3.03. The molecule has 1 aliphatic rings. The molecule has 1 aromatic rings. The lowest BCUT2D eigenvalue weighted by atomic mass is 9.79. The normalized spacial score (nSPS) is 17.4. The number of hydrogen-bond donors (Lipinski definition) is 1. The van der Waals surface area contributed by atoms with Gasteiger partial charge >= 0.3 is 0 Å². The van der Waals surface area contributed by atoms with Gasteiger partial charge in [-0.15, -0.1) is 0 Å². The van der Waals surface area contributed by atoms with Crippen LogP contribution in [0.15, 0.2) is 12.1 Å². The number of aliphatic hydroxyl groups is 1. The van der Waals surface area contributed by atoms with Crippen LogP contribution in [0, 0.1) is 0 Å². The van der Waals surface area contributed by atoms with Crippen LogP contribution < -0.4 is 9.47 Å². The number of rotatable bonds is 6. The minimum absolute atomic E-state index is 0.0796. The summed E-state index contributed by atoms with van der Waals surface area (Å²) in [7, 11) is 1.70. The van der Waals surface area contributed by atoms with Crippen molar-refractivity contribution < 1.29 is 14.6 Å². The van der Waals surface area contributed by atoms with E-state index in [9.17, 15) is 5.11 Å². The predicted octanol–water partition coefficient (Wildman–Crippen LogP) is 4.13. The standard InChI is InChI=1S/C22H37NO3/c1-21(2,3)18-12-17(25-7)13-19(22(4,5)6)20(18)26-15-16(24)14-23-10-8-9-11-23/h12-13,16,24H,8-11,14-15H2,1-7H3. The molecular formula is C22H37NO3. The van der Waals surface area contributed by atoms with Crippen molar-refractivity contribution in [3.05, 3.63) is 23.3 Å². The van der Waals surface area contributed by atoms with Crippen molar-refractivity contribution in [1.82, 2.24) is 4.90 Å². The van der Waals surface area contributed by atoms with Gasteiger partial charge in [0.25, 0.3) is 0 Å². The maximum atomic E-state index is 10.5. The van der Waals surface area contributed by atoms with Crippen molar-refractivity contribution in [2.24, 2.45) is 0 Å². The summed E-state index contributed by atoms with van der Waals surface area (Å²) in [6, 6.07) is 4.13. The number of hydrogen-bond acceptors (Lipinski definition) is 4. The molecule has 1 saturated heterocycles. The van der Waals surface area contributed by atoms with E-state index in [0.29, 0.717) is 13.2 Å². The van der Waals surface area contributed by atoms with E-state index in [1.807, 2.05) is 0 Å². The van der Waals surface area contributed by atoms with Crippen molar-refractivity contribution in [1.29, 1.82) is 0 Å². The highest BCUT2D eigenvalue weighted by Gasteiger charge is 2.29. The maximum Gasteiger partial charge on any atom is 0.127 e. The van der Waals surface area contributed by atoms with Gasteiger partial charge in [-0.05, 0) is 48.9 Å². The molecule has 0 aromatic heterocycles. The highest BCUT2D eigenvalue weighted by atomic mass is 16.5. The Kier molecular flexibility index (Phi) is 6.62. The molecular weight excluding hydrogens is 326 g/mol. The zero-order chi connectivity index (χ0) is 19.5. The first-order chi connectivity index (χ1) is 12.0. The zero-order valence-electron chi connectivity index (χ0n) is 17.7. The van der Waals surface area contributed by atoms with Crippen LogP contribution in [-0.4, -0.2) is 49.5 Å². The smallest absolute Gasteiger partial charge is 0.127 e. The SMILES string of the molecule is COc1cc(C(C)(C)C)c(OCC(O)CN2CCCC2)c(C(C)(C)C)c1. The average molecular weight is 364 g/mol. The molecule has 4 heteroatoms. The van der Waals surface area contributed by atoms with Gasteiger partial charge in [0.15, 0.2) is 0 Å². The van der Waals surface area contributed by atoms with Crippen molar-refractivity contribution in [2.45, 2.75) is 71.3 Å². The van der Waals surface area contributed by atoms with Crippen LogP contribution >= 0.6 is 0 Å². The predicted molar refractivity (Wildman–Crippen MR) is 108 cm³/mol. The molecule has 0 aliphatic carbocycles. The Hall–Kier alpha value is -1.26. The van der Waals surface area contributed by atoms with Crippen LogP contribution in [0.4, 0.5) is 0 Å². The van der Waals surface area contributed by atoms with Crippen LogP contribution in [0.25, 0.3) is 0 Å². The third kappa shape index (κ3) is 5.37. The fourth-order valence-corrected chi connectivity index (χ4v) is 3.49. The van der Waals surface area contributed by atoms with E-state index in [1.54, 1.807) is 7.11 Å². The lowest BCUT2D eigenvalue weighted by Gasteiger charge is -2.31. The van der Waals surface area contributed by atoms with Crippen molar-refractivity contribution in [2.75, 3.05) is 33.4 Å².